The van der Waals surface area contributed by atoms with Crippen molar-refractivity contribution in [2.45, 2.75) is 0 Å². The molecule has 0 radical (unpaired) electrons. The fraction of sp³-hybridized carbons (Fsp3) is 0.0588. The van der Waals surface area contributed by atoms with E-state index in [-0.39, 0.29) is 22.7 Å². The Morgan fingerprint density at radius 2 is 1.81 bits per heavy atom. The summed E-state index contributed by atoms with van der Waals surface area (Å²) in [4.78, 5) is 33.2. The smallest absolute Gasteiger partial charge is 0.296 e. The zero-order chi connectivity index (χ0) is 20.0. The Kier molecular flexibility index (Phi) is 5.80. The molecule has 27 heavy (non-hydrogen) atoms. The summed E-state index contributed by atoms with van der Waals surface area (Å²) < 4.78 is 4.90. The van der Waals surface area contributed by atoms with E-state index in [9.17, 15) is 30.3 Å². The highest BCUT2D eigenvalue weighted by Crippen LogP contribution is 2.29. The number of rotatable bonds is 6. The molecule has 0 unspecified atom stereocenters. The molecule has 0 bridgehead atoms. The van der Waals surface area contributed by atoms with Gasteiger partial charge in [-0.2, -0.15) is 5.26 Å². The number of amides is 1. The van der Waals surface area contributed by atoms with Crippen molar-refractivity contribution in [3.05, 3.63) is 73.8 Å². The second-order valence-electron chi connectivity index (χ2n) is 5.08. The Morgan fingerprint density at radius 1 is 1.15 bits per heavy atom. The van der Waals surface area contributed by atoms with Gasteiger partial charge in [0.1, 0.15) is 23.1 Å². The molecule has 136 valence electrons. The summed E-state index contributed by atoms with van der Waals surface area (Å²) in [6.45, 7) is 0. The lowest BCUT2D eigenvalue weighted by molar-refractivity contribution is -0.385. The third-order valence-corrected chi connectivity index (χ3v) is 3.45. The number of nitrogens with zero attached hydrogens (tertiary/aromatic N) is 3. The lowest BCUT2D eigenvalue weighted by Crippen LogP contribution is -2.14. The highest BCUT2D eigenvalue weighted by atomic mass is 16.6. The molecule has 10 heteroatoms. The fourth-order valence-electron chi connectivity index (χ4n) is 2.16. The predicted molar refractivity (Wildman–Crippen MR) is 95.0 cm³/mol. The average molecular weight is 368 g/mol. The highest BCUT2D eigenvalue weighted by molar-refractivity contribution is 6.10. The van der Waals surface area contributed by atoms with Crippen LogP contribution in [0.3, 0.4) is 0 Å². The second kappa shape index (κ2) is 8.21. The maximum Gasteiger partial charge on any atom is 0.296 e. The van der Waals surface area contributed by atoms with Gasteiger partial charge in [0.2, 0.25) is 0 Å². The number of nitro benzene ring substituents is 2. The summed E-state index contributed by atoms with van der Waals surface area (Å²) in [6.07, 6.45) is 1.04. The molecule has 1 N–H and O–H groups in total. The van der Waals surface area contributed by atoms with E-state index in [1.807, 2.05) is 0 Å². The molecule has 0 aromatic heterocycles. The van der Waals surface area contributed by atoms with Crippen LogP contribution in [0.4, 0.5) is 17.1 Å². The molecule has 0 aliphatic heterocycles. The van der Waals surface area contributed by atoms with Crippen LogP contribution in [-0.4, -0.2) is 22.9 Å². The Morgan fingerprint density at radius 3 is 2.41 bits per heavy atom. The number of benzene rings is 2. The number of nitrogens with one attached hydrogen (secondary N) is 1. The molecule has 0 saturated carbocycles. The lowest BCUT2D eigenvalue weighted by atomic mass is 10.1. The van der Waals surface area contributed by atoms with Crippen molar-refractivity contribution in [3.8, 4) is 11.8 Å². The van der Waals surface area contributed by atoms with Crippen LogP contribution in [0.25, 0.3) is 6.08 Å². The summed E-state index contributed by atoms with van der Waals surface area (Å²) in [5, 5.41) is 33.7. The van der Waals surface area contributed by atoms with E-state index in [1.165, 1.54) is 43.5 Å². The van der Waals surface area contributed by atoms with Gasteiger partial charge in [0.25, 0.3) is 17.3 Å². The van der Waals surface area contributed by atoms with Crippen LogP contribution in [0.15, 0.2) is 48.0 Å². The second-order valence-corrected chi connectivity index (χ2v) is 5.08. The van der Waals surface area contributed by atoms with Crippen LogP contribution in [0.2, 0.25) is 0 Å². The molecule has 0 atom stereocenters. The number of hydrogen-bond acceptors (Lipinski definition) is 7. The number of para-hydroxylation sites is 1. The van der Waals surface area contributed by atoms with Crippen molar-refractivity contribution < 1.29 is 19.4 Å². The quantitative estimate of drug-likeness (QED) is 0.356. The van der Waals surface area contributed by atoms with Crippen molar-refractivity contribution in [2.24, 2.45) is 0 Å². The van der Waals surface area contributed by atoms with Crippen molar-refractivity contribution in [2.75, 3.05) is 12.4 Å². The summed E-state index contributed by atoms with van der Waals surface area (Å²) >= 11 is 0. The molecule has 0 aliphatic rings. The molecule has 10 nitrogen and oxygen atoms in total. The molecular weight excluding hydrogens is 356 g/mol. The van der Waals surface area contributed by atoms with Gasteiger partial charge in [-0.1, -0.05) is 12.1 Å². The van der Waals surface area contributed by atoms with Gasteiger partial charge in [-0.25, -0.2) is 0 Å². The first-order valence-corrected chi connectivity index (χ1v) is 7.36. The topological polar surface area (TPSA) is 148 Å². The maximum absolute atomic E-state index is 12.3. The lowest BCUT2D eigenvalue weighted by Gasteiger charge is -2.07. The largest absolute Gasteiger partial charge is 0.496 e. The Hall–Kier alpha value is -4.26. The fourth-order valence-corrected chi connectivity index (χ4v) is 2.16. The first-order valence-electron chi connectivity index (χ1n) is 7.36. The van der Waals surface area contributed by atoms with Gasteiger partial charge in [0.05, 0.1) is 28.6 Å². The Labute approximate surface area is 152 Å². The first-order chi connectivity index (χ1) is 12.9. The molecule has 1 amide bonds. The van der Waals surface area contributed by atoms with Gasteiger partial charge in [-0.15, -0.1) is 0 Å². The molecule has 0 fully saturated rings. The summed E-state index contributed by atoms with van der Waals surface area (Å²) in [5.41, 5.74) is -1.25. The SMILES string of the molecule is COc1ccc(NC(=O)/C(C#N)=C/c2ccccc2[N+](=O)[O-])c([N+](=O)[O-])c1. The number of carbonyl (C=O) groups is 1. The molecular formula is C17H12N4O6. The van der Waals surface area contributed by atoms with E-state index >= 15 is 0 Å². The van der Waals surface area contributed by atoms with E-state index in [2.05, 4.69) is 5.32 Å². The number of ether oxygens (including phenoxy) is 1. The predicted octanol–water partition coefficient (Wildman–Crippen LogP) is 3.06. The third kappa shape index (κ3) is 4.43. The number of nitriles is 1. The molecule has 0 spiro atoms. The van der Waals surface area contributed by atoms with Gasteiger partial charge in [-0.05, 0) is 24.3 Å². The first kappa shape index (κ1) is 19.1. The van der Waals surface area contributed by atoms with Gasteiger partial charge in [-0.3, -0.25) is 25.0 Å². The van der Waals surface area contributed by atoms with Crippen LogP contribution in [-0.2, 0) is 4.79 Å². The maximum atomic E-state index is 12.3. The minimum Gasteiger partial charge on any atom is -0.496 e. The molecule has 2 aromatic rings. The van der Waals surface area contributed by atoms with Crippen molar-refractivity contribution in [1.82, 2.24) is 0 Å². The Bertz CT molecular complexity index is 993. The van der Waals surface area contributed by atoms with Crippen LogP contribution < -0.4 is 10.1 Å². The number of anilines is 1. The van der Waals surface area contributed by atoms with E-state index in [0.29, 0.717) is 0 Å². The summed E-state index contributed by atoms with van der Waals surface area (Å²) in [7, 11) is 1.33. The van der Waals surface area contributed by atoms with Gasteiger partial charge in [0, 0.05) is 6.07 Å². The van der Waals surface area contributed by atoms with Crippen LogP contribution in [0, 0.1) is 31.6 Å². The summed E-state index contributed by atoms with van der Waals surface area (Å²) in [5.74, 6) is -0.723. The van der Waals surface area contributed by atoms with E-state index in [4.69, 9.17) is 4.74 Å². The monoisotopic (exact) mass is 368 g/mol. The molecule has 0 saturated heterocycles. The minimum absolute atomic E-state index is 0.0541. The molecule has 2 aromatic carbocycles. The van der Waals surface area contributed by atoms with Crippen LogP contribution >= 0.6 is 0 Å². The number of carbonyl (C=O) groups excluding carboxylic acids is 1. The van der Waals surface area contributed by atoms with E-state index < -0.39 is 27.0 Å². The van der Waals surface area contributed by atoms with Crippen molar-refractivity contribution in [1.29, 1.82) is 5.26 Å². The zero-order valence-corrected chi connectivity index (χ0v) is 13.9. The number of nitro groups is 2. The standard InChI is InChI=1S/C17H12N4O6/c1-27-13-6-7-14(16(9-13)21(25)26)19-17(22)12(10-18)8-11-4-2-3-5-15(11)20(23)24/h2-9H,1H3,(H,19,22)/b12-8+. The highest BCUT2D eigenvalue weighted by Gasteiger charge is 2.20. The van der Waals surface area contributed by atoms with Crippen molar-refractivity contribution in [3.63, 3.8) is 0 Å². The number of hydrogen-bond donors (Lipinski definition) is 1. The zero-order valence-electron chi connectivity index (χ0n) is 13.9. The number of methoxy groups -OCH3 is 1. The minimum atomic E-state index is -0.941. The normalized spacial score (nSPS) is 10.6. The van der Waals surface area contributed by atoms with Crippen molar-refractivity contribution >= 4 is 29.0 Å². The van der Waals surface area contributed by atoms with Gasteiger partial charge in [0.15, 0.2) is 0 Å². The molecule has 2 rings (SSSR count). The Balaban J connectivity index is 2.39. The van der Waals surface area contributed by atoms with E-state index in [0.717, 1.165) is 12.1 Å². The molecule has 0 aliphatic carbocycles. The van der Waals surface area contributed by atoms with E-state index in [1.54, 1.807) is 6.07 Å². The molecule has 0 heterocycles. The third-order valence-electron chi connectivity index (χ3n) is 3.45. The summed E-state index contributed by atoms with van der Waals surface area (Å²) in [6, 6.07) is 11.0. The van der Waals surface area contributed by atoms with Gasteiger partial charge >= 0.3 is 0 Å². The van der Waals surface area contributed by atoms with Gasteiger partial charge < -0.3 is 10.1 Å². The average Bonchev–Trinajstić information content (AvgIpc) is 2.66. The van der Waals surface area contributed by atoms with Crippen LogP contribution in [0.5, 0.6) is 5.75 Å². The van der Waals surface area contributed by atoms with Crippen LogP contribution in [0.1, 0.15) is 5.56 Å².